The normalized spacial score (nSPS) is 34.5. The molecular formula is C21H30N2O3. The van der Waals surface area contributed by atoms with Crippen LogP contribution in [0.1, 0.15) is 51.0 Å². The van der Waals surface area contributed by atoms with Crippen LogP contribution >= 0.6 is 0 Å². The number of ether oxygens (including phenoxy) is 2. The van der Waals surface area contributed by atoms with E-state index in [1.165, 1.54) is 12.8 Å². The van der Waals surface area contributed by atoms with Crippen molar-refractivity contribution in [1.29, 1.82) is 0 Å². The minimum Gasteiger partial charge on any atom is -0.374 e. The maximum atomic E-state index is 13.2. The van der Waals surface area contributed by atoms with Gasteiger partial charge in [-0.05, 0) is 62.1 Å². The van der Waals surface area contributed by atoms with Crippen LogP contribution in [0.5, 0.6) is 0 Å². The van der Waals surface area contributed by atoms with Crippen molar-refractivity contribution in [3.8, 4) is 0 Å². The van der Waals surface area contributed by atoms with E-state index in [0.717, 1.165) is 37.2 Å². The Morgan fingerprint density at radius 1 is 1.19 bits per heavy atom. The molecule has 142 valence electrons. The van der Waals surface area contributed by atoms with Crippen molar-refractivity contribution in [2.24, 2.45) is 11.8 Å². The van der Waals surface area contributed by atoms with Gasteiger partial charge >= 0.3 is 0 Å². The van der Waals surface area contributed by atoms with Crippen LogP contribution in [-0.2, 0) is 20.9 Å². The monoisotopic (exact) mass is 358 g/mol. The van der Waals surface area contributed by atoms with E-state index in [4.69, 9.17) is 9.47 Å². The summed E-state index contributed by atoms with van der Waals surface area (Å²) in [4.78, 5) is 19.4. The summed E-state index contributed by atoms with van der Waals surface area (Å²) in [7, 11) is 0. The molecule has 4 rings (SSSR count). The number of pyridine rings is 1. The minimum absolute atomic E-state index is 0.0165. The Kier molecular flexibility index (Phi) is 5.55. The first-order chi connectivity index (χ1) is 12.7. The number of fused-ring (bicyclic) bond motifs is 2. The fourth-order valence-electron chi connectivity index (χ4n) is 4.80. The molecule has 0 spiro atoms. The van der Waals surface area contributed by atoms with Crippen molar-refractivity contribution in [3.05, 3.63) is 30.1 Å². The third-order valence-electron chi connectivity index (χ3n) is 6.40. The molecule has 1 saturated heterocycles. The number of hydrogen-bond donors (Lipinski definition) is 0. The molecule has 0 unspecified atom stereocenters. The lowest BCUT2D eigenvalue weighted by Gasteiger charge is -2.35. The number of aromatic nitrogens is 1. The summed E-state index contributed by atoms with van der Waals surface area (Å²) in [5.41, 5.74) is 1.11. The fraction of sp³-hybridized carbons (Fsp3) is 0.714. The quantitative estimate of drug-likeness (QED) is 0.829. The Hall–Kier alpha value is -1.46. The van der Waals surface area contributed by atoms with Gasteiger partial charge in [0, 0.05) is 24.9 Å². The Bertz CT molecular complexity index is 601. The van der Waals surface area contributed by atoms with Crippen LogP contribution in [0.4, 0.5) is 0 Å². The van der Waals surface area contributed by atoms with Gasteiger partial charge in [-0.2, -0.15) is 0 Å². The summed E-state index contributed by atoms with van der Waals surface area (Å²) >= 11 is 0. The van der Waals surface area contributed by atoms with E-state index >= 15 is 0 Å². The molecule has 1 aromatic heterocycles. The second-order valence-electron chi connectivity index (χ2n) is 8.17. The van der Waals surface area contributed by atoms with E-state index in [2.05, 4.69) is 16.8 Å². The highest BCUT2D eigenvalue weighted by atomic mass is 16.5. The van der Waals surface area contributed by atoms with Gasteiger partial charge in [0.1, 0.15) is 6.10 Å². The van der Waals surface area contributed by atoms with E-state index in [0.29, 0.717) is 25.7 Å². The largest absolute Gasteiger partial charge is 0.374 e. The lowest BCUT2D eigenvalue weighted by atomic mass is 9.82. The van der Waals surface area contributed by atoms with Crippen LogP contribution in [-0.4, -0.2) is 47.2 Å². The summed E-state index contributed by atoms with van der Waals surface area (Å²) in [6.45, 7) is 4.18. The number of rotatable bonds is 4. The summed E-state index contributed by atoms with van der Waals surface area (Å²) in [6, 6.07) is 4.12. The number of carbonyl (C=O) groups excluding carboxylic acids is 1. The average Bonchev–Trinajstić information content (AvgIpc) is 2.96. The highest BCUT2D eigenvalue weighted by molar-refractivity contribution is 5.79. The van der Waals surface area contributed by atoms with Gasteiger partial charge in [0.25, 0.3) is 0 Å². The van der Waals surface area contributed by atoms with E-state index < -0.39 is 0 Å². The van der Waals surface area contributed by atoms with Gasteiger partial charge in [0.15, 0.2) is 0 Å². The molecule has 1 amide bonds. The van der Waals surface area contributed by atoms with Gasteiger partial charge in [0.05, 0.1) is 25.4 Å². The zero-order valence-corrected chi connectivity index (χ0v) is 15.7. The van der Waals surface area contributed by atoms with Crippen LogP contribution in [0.15, 0.2) is 24.5 Å². The topological polar surface area (TPSA) is 51.7 Å². The van der Waals surface area contributed by atoms with Gasteiger partial charge in [-0.3, -0.25) is 9.78 Å². The highest BCUT2D eigenvalue weighted by Crippen LogP contribution is 2.36. The third-order valence-corrected chi connectivity index (χ3v) is 6.40. The molecule has 0 aromatic carbocycles. The predicted molar refractivity (Wildman–Crippen MR) is 98.4 cm³/mol. The van der Waals surface area contributed by atoms with Gasteiger partial charge in [-0.25, -0.2) is 0 Å². The smallest absolute Gasteiger partial charge is 0.226 e. The predicted octanol–water partition coefficient (Wildman–Crippen LogP) is 3.18. The molecule has 5 heteroatoms. The maximum absolute atomic E-state index is 13.2. The SMILES string of the molecule is CC1CCC(C(=O)N2CCO[C@H]3CC[C@H]2[C@@H]3OCc2ccncc2)CC1. The molecular weight excluding hydrogens is 328 g/mol. The molecule has 3 atom stereocenters. The molecule has 2 aliphatic carbocycles. The van der Waals surface area contributed by atoms with Gasteiger partial charge in [-0.1, -0.05) is 6.92 Å². The molecule has 2 bridgehead atoms. The lowest BCUT2D eigenvalue weighted by molar-refractivity contribution is -0.141. The van der Waals surface area contributed by atoms with E-state index in [-0.39, 0.29) is 24.2 Å². The van der Waals surface area contributed by atoms with Crippen LogP contribution in [0.2, 0.25) is 0 Å². The first-order valence-corrected chi connectivity index (χ1v) is 10.1. The van der Waals surface area contributed by atoms with Crippen molar-refractivity contribution >= 4 is 5.91 Å². The van der Waals surface area contributed by atoms with Crippen molar-refractivity contribution in [2.45, 2.75) is 70.3 Å². The first kappa shape index (κ1) is 17.9. The molecule has 1 aliphatic heterocycles. The molecule has 3 fully saturated rings. The van der Waals surface area contributed by atoms with Crippen LogP contribution in [0.3, 0.4) is 0 Å². The molecule has 3 aliphatic rings. The Morgan fingerprint density at radius 3 is 2.73 bits per heavy atom. The van der Waals surface area contributed by atoms with Crippen molar-refractivity contribution in [3.63, 3.8) is 0 Å². The van der Waals surface area contributed by atoms with Gasteiger partial charge < -0.3 is 14.4 Å². The lowest BCUT2D eigenvalue weighted by Crippen LogP contribution is -2.49. The second-order valence-corrected chi connectivity index (χ2v) is 8.17. The van der Waals surface area contributed by atoms with Crippen molar-refractivity contribution < 1.29 is 14.3 Å². The van der Waals surface area contributed by atoms with Crippen molar-refractivity contribution in [2.75, 3.05) is 13.2 Å². The molecule has 2 saturated carbocycles. The third kappa shape index (κ3) is 3.79. The number of amides is 1. The zero-order valence-electron chi connectivity index (χ0n) is 15.7. The Balaban J connectivity index is 1.43. The molecule has 0 N–H and O–H groups in total. The number of nitrogens with zero attached hydrogens (tertiary/aromatic N) is 2. The fourth-order valence-corrected chi connectivity index (χ4v) is 4.80. The van der Waals surface area contributed by atoms with Gasteiger partial charge in [-0.15, -0.1) is 0 Å². The molecule has 0 radical (unpaired) electrons. The number of carbonyl (C=O) groups is 1. The van der Waals surface area contributed by atoms with Crippen LogP contribution < -0.4 is 0 Å². The second kappa shape index (κ2) is 8.05. The summed E-state index contributed by atoms with van der Waals surface area (Å²) in [5, 5.41) is 0. The van der Waals surface area contributed by atoms with Gasteiger partial charge in [0.2, 0.25) is 5.91 Å². The van der Waals surface area contributed by atoms with E-state index in [9.17, 15) is 4.79 Å². The summed E-state index contributed by atoms with van der Waals surface area (Å²) in [6.07, 6.45) is 10.1. The number of hydrogen-bond acceptors (Lipinski definition) is 4. The Morgan fingerprint density at radius 2 is 1.96 bits per heavy atom. The van der Waals surface area contributed by atoms with Crippen molar-refractivity contribution in [1.82, 2.24) is 9.88 Å². The minimum atomic E-state index is -0.0165. The highest BCUT2D eigenvalue weighted by Gasteiger charge is 2.45. The zero-order chi connectivity index (χ0) is 17.9. The average molecular weight is 358 g/mol. The van der Waals surface area contributed by atoms with Crippen LogP contribution in [0, 0.1) is 11.8 Å². The molecule has 5 nitrogen and oxygen atoms in total. The molecule has 26 heavy (non-hydrogen) atoms. The van der Waals surface area contributed by atoms with Crippen LogP contribution in [0.25, 0.3) is 0 Å². The maximum Gasteiger partial charge on any atom is 0.226 e. The van der Waals surface area contributed by atoms with E-state index in [1.807, 2.05) is 12.1 Å². The molecule has 2 heterocycles. The Labute approximate surface area is 156 Å². The summed E-state index contributed by atoms with van der Waals surface area (Å²) < 4.78 is 12.3. The molecule has 1 aromatic rings. The standard InChI is InChI=1S/C21H30N2O3/c1-15-2-4-17(5-3-15)21(24)23-12-13-25-19-7-6-18(23)20(19)26-14-16-8-10-22-11-9-16/h8-11,15,17-20H,2-7,12-14H2,1H3/t15?,17?,18-,19-,20-/m0/s1. The summed E-state index contributed by atoms with van der Waals surface area (Å²) in [5.74, 6) is 1.30. The first-order valence-electron chi connectivity index (χ1n) is 10.1. The van der Waals surface area contributed by atoms with E-state index in [1.54, 1.807) is 12.4 Å².